The molecule has 1 N–H and O–H groups in total. The number of nitrogens with zero attached hydrogens (tertiary/aromatic N) is 3. The number of anilines is 1. The first-order valence-electron chi connectivity index (χ1n) is 8.44. The van der Waals surface area contributed by atoms with Gasteiger partial charge in [0, 0.05) is 30.4 Å². The van der Waals surface area contributed by atoms with Crippen molar-refractivity contribution in [1.82, 2.24) is 15.0 Å². The lowest BCUT2D eigenvalue weighted by molar-refractivity contribution is 0.634. The molecule has 2 heterocycles. The third-order valence-corrected chi connectivity index (χ3v) is 4.53. The maximum Gasteiger partial charge on any atom is 0.180 e. The van der Waals surface area contributed by atoms with E-state index in [-0.39, 0.29) is 0 Å². The predicted molar refractivity (Wildman–Crippen MR) is 96.0 cm³/mol. The molecule has 2 aromatic heterocycles. The average molecular weight is 316 g/mol. The van der Waals surface area contributed by atoms with Crippen LogP contribution in [0.15, 0.2) is 54.7 Å². The summed E-state index contributed by atoms with van der Waals surface area (Å²) in [4.78, 5) is 13.6. The minimum absolute atomic E-state index is 0.569. The molecular formula is C20H20N4. The van der Waals surface area contributed by atoms with Crippen LogP contribution in [0.25, 0.3) is 11.5 Å². The van der Waals surface area contributed by atoms with Crippen molar-refractivity contribution in [3.05, 3.63) is 71.5 Å². The third-order valence-electron chi connectivity index (χ3n) is 4.53. The molecule has 0 amide bonds. The van der Waals surface area contributed by atoms with Gasteiger partial charge in [0.2, 0.25) is 0 Å². The van der Waals surface area contributed by atoms with Crippen molar-refractivity contribution >= 4 is 5.82 Å². The molecule has 0 radical (unpaired) electrons. The van der Waals surface area contributed by atoms with Gasteiger partial charge in [-0.2, -0.15) is 0 Å². The van der Waals surface area contributed by atoms with Crippen LogP contribution in [0.3, 0.4) is 0 Å². The van der Waals surface area contributed by atoms with Gasteiger partial charge >= 0.3 is 0 Å². The summed E-state index contributed by atoms with van der Waals surface area (Å²) >= 11 is 0. The van der Waals surface area contributed by atoms with Gasteiger partial charge in [0.05, 0.1) is 0 Å². The fourth-order valence-electron chi connectivity index (χ4n) is 3.15. The highest BCUT2D eigenvalue weighted by atomic mass is 15.0. The Bertz CT molecular complexity index is 845. The van der Waals surface area contributed by atoms with E-state index in [1.165, 1.54) is 11.1 Å². The summed E-state index contributed by atoms with van der Waals surface area (Å²) in [5, 5.41) is 3.49. The normalized spacial score (nSPS) is 15.5. The molecule has 24 heavy (non-hydrogen) atoms. The molecule has 0 aliphatic heterocycles. The second-order valence-electron chi connectivity index (χ2n) is 6.12. The molecule has 1 atom stereocenters. The first kappa shape index (κ1) is 14.8. The van der Waals surface area contributed by atoms with E-state index >= 15 is 0 Å². The van der Waals surface area contributed by atoms with Crippen molar-refractivity contribution in [3.63, 3.8) is 0 Å². The van der Waals surface area contributed by atoms with Crippen LogP contribution in [0.4, 0.5) is 5.82 Å². The first-order chi connectivity index (χ1) is 11.8. The lowest BCUT2D eigenvalue weighted by Crippen LogP contribution is -2.24. The van der Waals surface area contributed by atoms with Crippen LogP contribution in [-0.2, 0) is 12.8 Å². The zero-order chi connectivity index (χ0) is 16.4. The number of aryl methyl sites for hydroxylation is 1. The highest BCUT2D eigenvalue weighted by Crippen LogP contribution is 2.34. The van der Waals surface area contributed by atoms with E-state index in [2.05, 4.69) is 51.5 Å². The van der Waals surface area contributed by atoms with Crippen molar-refractivity contribution in [2.24, 2.45) is 0 Å². The van der Waals surface area contributed by atoms with Crippen LogP contribution in [0, 0.1) is 0 Å². The lowest BCUT2D eigenvalue weighted by atomic mass is 9.77. The molecule has 0 saturated heterocycles. The molecule has 0 fully saturated rings. The van der Waals surface area contributed by atoms with E-state index in [9.17, 15) is 0 Å². The first-order valence-corrected chi connectivity index (χ1v) is 8.44. The molecule has 4 nitrogen and oxygen atoms in total. The number of hydrogen-bond donors (Lipinski definition) is 1. The summed E-state index contributed by atoms with van der Waals surface area (Å²) < 4.78 is 0. The SMILES string of the molecule is CCc1cc(NC[C@@H]2Cc3ccccc32)nc(-c2ccccn2)n1. The van der Waals surface area contributed by atoms with Gasteiger partial charge in [-0.15, -0.1) is 0 Å². The quantitative estimate of drug-likeness (QED) is 0.777. The molecule has 1 aliphatic rings. The summed E-state index contributed by atoms with van der Waals surface area (Å²) in [5.41, 5.74) is 4.77. The average Bonchev–Trinajstić information content (AvgIpc) is 2.63. The Labute approximate surface area is 142 Å². The second-order valence-corrected chi connectivity index (χ2v) is 6.12. The molecule has 4 rings (SSSR count). The van der Waals surface area contributed by atoms with Crippen LogP contribution in [-0.4, -0.2) is 21.5 Å². The van der Waals surface area contributed by atoms with E-state index in [1.54, 1.807) is 6.20 Å². The Morgan fingerprint density at radius 2 is 1.96 bits per heavy atom. The van der Waals surface area contributed by atoms with Crippen molar-refractivity contribution in [1.29, 1.82) is 0 Å². The minimum atomic E-state index is 0.569. The molecule has 0 unspecified atom stereocenters. The van der Waals surface area contributed by atoms with Gasteiger partial charge in [0.25, 0.3) is 0 Å². The highest BCUT2D eigenvalue weighted by molar-refractivity contribution is 5.53. The van der Waals surface area contributed by atoms with Crippen molar-refractivity contribution < 1.29 is 0 Å². The zero-order valence-electron chi connectivity index (χ0n) is 13.7. The molecule has 0 bridgehead atoms. The maximum absolute atomic E-state index is 4.65. The zero-order valence-corrected chi connectivity index (χ0v) is 13.7. The summed E-state index contributed by atoms with van der Waals surface area (Å²) in [7, 11) is 0. The van der Waals surface area contributed by atoms with Gasteiger partial charge in [-0.25, -0.2) is 9.97 Å². The fraction of sp³-hybridized carbons (Fsp3) is 0.250. The Kier molecular flexibility index (Phi) is 3.95. The Hall–Kier alpha value is -2.75. The molecule has 120 valence electrons. The number of nitrogens with one attached hydrogen (secondary N) is 1. The number of fused-ring (bicyclic) bond motifs is 1. The number of benzene rings is 1. The summed E-state index contributed by atoms with van der Waals surface area (Å²) in [6.45, 7) is 3.01. The van der Waals surface area contributed by atoms with Crippen molar-refractivity contribution in [2.45, 2.75) is 25.7 Å². The van der Waals surface area contributed by atoms with Crippen LogP contribution in [0.1, 0.15) is 29.7 Å². The van der Waals surface area contributed by atoms with Crippen LogP contribution >= 0.6 is 0 Å². The monoisotopic (exact) mass is 316 g/mol. The predicted octanol–water partition coefficient (Wildman–Crippen LogP) is 3.85. The third kappa shape index (κ3) is 2.87. The molecule has 1 aliphatic carbocycles. The van der Waals surface area contributed by atoms with Crippen LogP contribution in [0.2, 0.25) is 0 Å². The molecule has 3 aromatic rings. The molecule has 0 spiro atoms. The summed E-state index contributed by atoms with van der Waals surface area (Å²) in [6.07, 6.45) is 3.79. The Balaban J connectivity index is 1.53. The van der Waals surface area contributed by atoms with Gasteiger partial charge in [-0.1, -0.05) is 37.3 Å². The smallest absolute Gasteiger partial charge is 0.180 e. The van der Waals surface area contributed by atoms with Gasteiger partial charge in [-0.3, -0.25) is 4.98 Å². The maximum atomic E-state index is 4.65. The summed E-state index contributed by atoms with van der Waals surface area (Å²) in [5.74, 6) is 2.14. The minimum Gasteiger partial charge on any atom is -0.369 e. The second kappa shape index (κ2) is 6.40. The molecule has 0 saturated carbocycles. The summed E-state index contributed by atoms with van der Waals surface area (Å²) in [6, 6.07) is 16.5. The lowest BCUT2D eigenvalue weighted by Gasteiger charge is -2.30. The molecule has 1 aromatic carbocycles. The van der Waals surface area contributed by atoms with Gasteiger partial charge in [-0.05, 0) is 36.1 Å². The van der Waals surface area contributed by atoms with E-state index in [1.807, 2.05) is 24.3 Å². The Morgan fingerprint density at radius 3 is 2.75 bits per heavy atom. The van der Waals surface area contributed by atoms with Gasteiger partial charge in [0.15, 0.2) is 5.82 Å². The van der Waals surface area contributed by atoms with E-state index < -0.39 is 0 Å². The highest BCUT2D eigenvalue weighted by Gasteiger charge is 2.25. The van der Waals surface area contributed by atoms with Crippen molar-refractivity contribution in [2.75, 3.05) is 11.9 Å². The fourth-order valence-corrected chi connectivity index (χ4v) is 3.15. The molecular weight excluding hydrogens is 296 g/mol. The number of rotatable bonds is 5. The van der Waals surface area contributed by atoms with E-state index in [4.69, 9.17) is 0 Å². The number of pyridine rings is 1. The van der Waals surface area contributed by atoms with Crippen LogP contribution in [0.5, 0.6) is 0 Å². The largest absolute Gasteiger partial charge is 0.369 e. The molecule has 4 heteroatoms. The standard InChI is InChI=1S/C20H20N4/c1-2-16-12-19(24-20(23-16)18-9-5-6-10-21-18)22-13-15-11-14-7-3-4-8-17(14)15/h3-10,12,15H,2,11,13H2,1H3,(H,22,23,24)/t15-/m0/s1. The number of hydrogen-bond acceptors (Lipinski definition) is 4. The van der Waals surface area contributed by atoms with E-state index in [0.717, 1.165) is 36.6 Å². The Morgan fingerprint density at radius 1 is 1.08 bits per heavy atom. The van der Waals surface area contributed by atoms with E-state index in [0.29, 0.717) is 11.7 Å². The number of aromatic nitrogens is 3. The van der Waals surface area contributed by atoms with Crippen molar-refractivity contribution in [3.8, 4) is 11.5 Å². The van der Waals surface area contributed by atoms with Crippen LogP contribution < -0.4 is 5.32 Å². The topological polar surface area (TPSA) is 50.7 Å². The van der Waals surface area contributed by atoms with Gasteiger partial charge < -0.3 is 5.32 Å². The van der Waals surface area contributed by atoms with Gasteiger partial charge in [0.1, 0.15) is 11.5 Å².